The molecule has 1 aliphatic rings. The number of halogens is 1. The summed E-state index contributed by atoms with van der Waals surface area (Å²) in [6, 6.07) is 0. The number of carboxylic acids is 1. The number of hydrogen-bond donors (Lipinski definition) is 1. The molecule has 3 nitrogen and oxygen atoms in total. The van der Waals surface area contributed by atoms with Crippen LogP contribution in [0.3, 0.4) is 0 Å². The molecule has 12 heavy (non-hydrogen) atoms. The summed E-state index contributed by atoms with van der Waals surface area (Å²) in [5.74, 6) is -1.79. The zero-order chi connectivity index (χ0) is 8.48. The molecule has 2 atom stereocenters. The van der Waals surface area contributed by atoms with Crippen molar-refractivity contribution in [2.75, 3.05) is 0 Å². The van der Waals surface area contributed by atoms with Crippen molar-refractivity contribution in [1.82, 2.24) is 0 Å². The number of carboxylic acid groups (broad SMARTS) is 1. The van der Waals surface area contributed by atoms with Crippen LogP contribution in [0, 0.1) is 0 Å². The van der Waals surface area contributed by atoms with Gasteiger partial charge in [-0.1, -0.05) is 6.42 Å². The van der Waals surface area contributed by atoms with Gasteiger partial charge in [0.25, 0.3) is 0 Å². The van der Waals surface area contributed by atoms with Gasteiger partial charge >= 0.3 is 29.6 Å². The average Bonchev–Trinajstić information content (AvgIpc) is 1.95. The van der Waals surface area contributed by atoms with Crippen LogP contribution < -0.4 is 34.7 Å². The molecule has 0 aromatic rings. The van der Waals surface area contributed by atoms with Crippen LogP contribution in [-0.4, -0.2) is 22.8 Å². The van der Waals surface area contributed by atoms with E-state index in [-0.39, 0.29) is 42.4 Å². The van der Waals surface area contributed by atoms with Gasteiger partial charge in [-0.3, -0.25) is 0 Å². The molecule has 0 amide bonds. The van der Waals surface area contributed by atoms with Crippen LogP contribution >= 0.6 is 0 Å². The van der Waals surface area contributed by atoms with Gasteiger partial charge in [0, 0.05) is 0 Å². The summed E-state index contributed by atoms with van der Waals surface area (Å²) in [7, 11) is 0. The van der Waals surface area contributed by atoms with Gasteiger partial charge in [-0.05, 0) is 19.3 Å². The number of rotatable bonds is 1. The smallest absolute Gasteiger partial charge is 0.547 e. The van der Waals surface area contributed by atoms with Crippen molar-refractivity contribution >= 4 is 5.97 Å². The maximum Gasteiger partial charge on any atom is 1.00 e. The van der Waals surface area contributed by atoms with Gasteiger partial charge in [0.2, 0.25) is 0 Å². The molecule has 0 radical (unpaired) electrons. The molecule has 0 heterocycles. The van der Waals surface area contributed by atoms with E-state index in [2.05, 4.69) is 0 Å². The van der Waals surface area contributed by atoms with Crippen LogP contribution in [0.4, 0.5) is 4.39 Å². The fraction of sp³-hybridized carbons (Fsp3) is 0.857. The number of alkyl halides is 1. The molecule has 64 valence electrons. The molecule has 0 saturated heterocycles. The van der Waals surface area contributed by atoms with E-state index in [0.717, 1.165) is 0 Å². The third-order valence-corrected chi connectivity index (χ3v) is 2.14. The van der Waals surface area contributed by atoms with Gasteiger partial charge < -0.3 is 15.0 Å². The molecular weight excluding hydrogens is 174 g/mol. The van der Waals surface area contributed by atoms with Crippen molar-refractivity contribution in [3.63, 3.8) is 0 Å². The second-order valence-corrected chi connectivity index (χ2v) is 2.91. The predicted octanol–water partition coefficient (Wildman–Crippen LogP) is -3.62. The molecule has 2 unspecified atom stereocenters. The molecular formula is C7H10FNaO3. The summed E-state index contributed by atoms with van der Waals surface area (Å²) < 4.78 is 13.2. The number of carbonyl (C=O) groups is 1. The summed E-state index contributed by atoms with van der Waals surface area (Å²) in [6.45, 7) is 0. The Balaban J connectivity index is 0.00000121. The molecule has 1 rings (SSSR count). The Morgan fingerprint density at radius 1 is 1.58 bits per heavy atom. The second kappa shape index (κ2) is 4.56. The van der Waals surface area contributed by atoms with E-state index in [1.54, 1.807) is 0 Å². The summed E-state index contributed by atoms with van der Waals surface area (Å²) in [5.41, 5.74) is -2.50. The van der Waals surface area contributed by atoms with Gasteiger partial charge in [0.15, 0.2) is 5.67 Å². The Bertz CT molecular complexity index is 176. The number of aliphatic hydroxyl groups excluding tert-OH is 1. The zero-order valence-electron chi connectivity index (χ0n) is 7.05. The molecule has 0 bridgehead atoms. The van der Waals surface area contributed by atoms with Gasteiger partial charge in [-0.25, -0.2) is 4.39 Å². The Hall–Kier alpha value is 0.360. The van der Waals surface area contributed by atoms with E-state index in [1.165, 1.54) is 0 Å². The molecule has 0 aromatic heterocycles. The quantitative estimate of drug-likeness (QED) is 0.428. The van der Waals surface area contributed by atoms with Crippen LogP contribution in [0.25, 0.3) is 0 Å². The Kier molecular flexibility index (Phi) is 4.69. The fourth-order valence-corrected chi connectivity index (χ4v) is 1.35. The molecule has 0 aromatic carbocycles. The van der Waals surface area contributed by atoms with Crippen molar-refractivity contribution in [2.45, 2.75) is 37.5 Å². The Labute approximate surface area is 92.3 Å². The average molecular weight is 184 g/mol. The van der Waals surface area contributed by atoms with Gasteiger partial charge in [-0.15, -0.1) is 0 Å². The monoisotopic (exact) mass is 184 g/mol. The first-order valence-electron chi connectivity index (χ1n) is 3.66. The van der Waals surface area contributed by atoms with Crippen LogP contribution in [-0.2, 0) is 4.79 Å². The van der Waals surface area contributed by atoms with Crippen molar-refractivity contribution in [3.05, 3.63) is 0 Å². The summed E-state index contributed by atoms with van der Waals surface area (Å²) in [6.07, 6.45) is -0.121. The van der Waals surface area contributed by atoms with Crippen molar-refractivity contribution < 1.29 is 49.0 Å². The number of aliphatic hydroxyl groups is 1. The van der Waals surface area contributed by atoms with Crippen molar-refractivity contribution in [3.8, 4) is 0 Å². The maximum absolute atomic E-state index is 13.2. The fourth-order valence-electron chi connectivity index (χ4n) is 1.35. The van der Waals surface area contributed by atoms with E-state index in [9.17, 15) is 14.3 Å². The topological polar surface area (TPSA) is 60.4 Å². The second-order valence-electron chi connectivity index (χ2n) is 2.91. The molecule has 1 aliphatic carbocycles. The van der Waals surface area contributed by atoms with E-state index >= 15 is 0 Å². The maximum atomic E-state index is 13.2. The van der Waals surface area contributed by atoms with Crippen molar-refractivity contribution in [2.24, 2.45) is 0 Å². The third-order valence-electron chi connectivity index (χ3n) is 2.14. The van der Waals surface area contributed by atoms with E-state index < -0.39 is 17.7 Å². The van der Waals surface area contributed by atoms with E-state index in [4.69, 9.17) is 5.11 Å². The van der Waals surface area contributed by atoms with Crippen LogP contribution in [0.15, 0.2) is 0 Å². The van der Waals surface area contributed by atoms with E-state index in [1.807, 2.05) is 0 Å². The van der Waals surface area contributed by atoms with Gasteiger partial charge in [0.1, 0.15) is 0 Å². The van der Waals surface area contributed by atoms with Crippen LogP contribution in [0.1, 0.15) is 25.7 Å². The van der Waals surface area contributed by atoms with Gasteiger partial charge in [0.05, 0.1) is 12.1 Å². The SMILES string of the molecule is O=C([O-])C1(F)CCCCC1O.[Na+]. The first kappa shape index (κ1) is 12.4. The predicted molar refractivity (Wildman–Crippen MR) is 33.3 cm³/mol. The summed E-state index contributed by atoms with van der Waals surface area (Å²) >= 11 is 0. The first-order chi connectivity index (χ1) is 5.07. The summed E-state index contributed by atoms with van der Waals surface area (Å²) in [5, 5.41) is 19.2. The molecule has 1 N–H and O–H groups in total. The van der Waals surface area contributed by atoms with Crippen LogP contribution in [0.5, 0.6) is 0 Å². The normalized spacial score (nSPS) is 35.3. The molecule has 1 saturated carbocycles. The number of carbonyl (C=O) groups excluding carboxylic acids is 1. The number of aliphatic carboxylic acids is 1. The van der Waals surface area contributed by atoms with Crippen molar-refractivity contribution in [1.29, 1.82) is 0 Å². The number of hydrogen-bond acceptors (Lipinski definition) is 3. The Morgan fingerprint density at radius 2 is 2.17 bits per heavy atom. The third kappa shape index (κ3) is 2.19. The molecule has 0 spiro atoms. The minimum absolute atomic E-state index is 0. The largest absolute Gasteiger partial charge is 1.00 e. The minimum atomic E-state index is -2.50. The molecule has 5 heteroatoms. The van der Waals surface area contributed by atoms with Gasteiger partial charge in [-0.2, -0.15) is 0 Å². The van der Waals surface area contributed by atoms with E-state index in [0.29, 0.717) is 12.8 Å². The molecule has 1 fully saturated rings. The summed E-state index contributed by atoms with van der Waals surface area (Å²) in [4.78, 5) is 10.2. The molecule has 0 aliphatic heterocycles. The minimum Gasteiger partial charge on any atom is -0.547 e. The standard InChI is InChI=1S/C7H11FO3.Na/c8-7(6(10)11)4-2-1-3-5(7)9;/h5,9H,1-4H2,(H,10,11);/q;+1/p-1. The van der Waals surface area contributed by atoms with Crippen LogP contribution in [0.2, 0.25) is 0 Å². The Morgan fingerprint density at radius 3 is 2.50 bits per heavy atom. The first-order valence-corrected chi connectivity index (χ1v) is 3.66. The zero-order valence-corrected chi connectivity index (χ0v) is 9.05.